The smallest absolute Gasteiger partial charge is 0.303 e. The molecular formula is C49H82N6O6+. The van der Waals surface area contributed by atoms with E-state index in [1.165, 1.54) is 63.5 Å². The van der Waals surface area contributed by atoms with Crippen molar-refractivity contribution in [3.8, 4) is 11.5 Å². The van der Waals surface area contributed by atoms with Crippen LogP contribution in [-0.2, 0) is 0 Å². The van der Waals surface area contributed by atoms with Gasteiger partial charge in [-0.1, -0.05) is 152 Å². The lowest BCUT2D eigenvalue weighted by atomic mass is 9.85. The van der Waals surface area contributed by atoms with Crippen molar-refractivity contribution < 1.29 is 24.0 Å². The molecule has 0 aliphatic rings. The van der Waals surface area contributed by atoms with E-state index in [0.29, 0.717) is 53.8 Å². The van der Waals surface area contributed by atoms with Gasteiger partial charge < -0.3 is 9.47 Å². The van der Waals surface area contributed by atoms with Crippen LogP contribution in [0, 0.1) is 50.8 Å². The molecule has 1 radical (unpaired) electrons. The van der Waals surface area contributed by atoms with E-state index >= 15 is 0 Å². The molecule has 0 aliphatic heterocycles. The molecule has 343 valence electrons. The Morgan fingerprint density at radius 2 is 1.11 bits per heavy atom. The summed E-state index contributed by atoms with van der Waals surface area (Å²) in [6.45, 7) is 24.0. The van der Waals surface area contributed by atoms with Gasteiger partial charge in [-0.15, -0.1) is 14.9 Å². The molecule has 5 atom stereocenters. The maximum atomic E-state index is 12.0. The minimum Gasteiger partial charge on any atom is -0.491 e. The van der Waals surface area contributed by atoms with Gasteiger partial charge in [0.25, 0.3) is 5.69 Å². The number of nitro groups is 2. The minimum absolute atomic E-state index is 0.0983. The Morgan fingerprint density at radius 3 is 1.61 bits per heavy atom. The summed E-state index contributed by atoms with van der Waals surface area (Å²) in [5.74, 6) is 2.25. The predicted octanol–water partition coefficient (Wildman–Crippen LogP) is 16.4. The lowest BCUT2D eigenvalue weighted by Gasteiger charge is -2.24. The number of hydrogen-bond donors (Lipinski definition) is 0. The molecular weight excluding hydrogens is 769 g/mol. The second-order valence-corrected chi connectivity index (χ2v) is 17.1. The first-order valence-corrected chi connectivity index (χ1v) is 24.1. The number of azo groups is 3. The van der Waals surface area contributed by atoms with Gasteiger partial charge in [-0.3, -0.25) is 20.2 Å². The third-order valence-electron chi connectivity index (χ3n) is 12.4. The van der Waals surface area contributed by atoms with Gasteiger partial charge in [0.1, 0.15) is 11.4 Å². The highest BCUT2D eigenvalue weighted by Gasteiger charge is 2.32. The largest absolute Gasteiger partial charge is 0.491 e. The Bertz CT molecular complexity index is 1620. The number of ether oxygens (including phenoxy) is 2. The van der Waals surface area contributed by atoms with Gasteiger partial charge in [-0.25, -0.2) is 0 Å². The number of unbranched alkanes of at least 4 members (excludes halogenated alkanes) is 11. The molecule has 0 amide bonds. The van der Waals surface area contributed by atoms with Crippen molar-refractivity contribution in [3.05, 3.63) is 57.5 Å². The summed E-state index contributed by atoms with van der Waals surface area (Å²) >= 11 is 0. The highest BCUT2D eigenvalue weighted by molar-refractivity contribution is 5.67. The van der Waals surface area contributed by atoms with Crippen LogP contribution in [0.15, 0.2) is 45.7 Å². The van der Waals surface area contributed by atoms with E-state index in [0.717, 1.165) is 89.7 Å². The first kappa shape index (κ1) is 53.2. The van der Waals surface area contributed by atoms with Gasteiger partial charge >= 0.3 is 5.69 Å². The van der Waals surface area contributed by atoms with Gasteiger partial charge in [0.05, 0.1) is 29.1 Å². The molecule has 12 heteroatoms. The Morgan fingerprint density at radius 1 is 0.607 bits per heavy atom. The topological polar surface area (TPSA) is 145 Å². The normalized spacial score (nSPS) is 14.5. The number of non-ortho nitro benzene ring substituents is 1. The second kappa shape index (κ2) is 31.0. The number of nitro benzene ring substituents is 2. The van der Waals surface area contributed by atoms with Gasteiger partial charge in [0, 0.05) is 37.0 Å². The third-order valence-corrected chi connectivity index (χ3v) is 12.4. The van der Waals surface area contributed by atoms with Crippen LogP contribution in [-0.4, -0.2) is 40.3 Å². The van der Waals surface area contributed by atoms with Crippen molar-refractivity contribution in [2.75, 3.05) is 19.8 Å². The fraction of sp³-hybridized carbons (Fsp3) is 0.735. The van der Waals surface area contributed by atoms with Crippen molar-refractivity contribution in [2.45, 2.75) is 190 Å². The molecule has 0 saturated heterocycles. The predicted molar refractivity (Wildman–Crippen MR) is 249 cm³/mol. The van der Waals surface area contributed by atoms with E-state index < -0.39 is 21.2 Å². The van der Waals surface area contributed by atoms with E-state index in [1.807, 2.05) is 6.07 Å². The number of benzene rings is 2. The lowest BCUT2D eigenvalue weighted by Crippen LogP contribution is -2.34. The molecule has 0 spiro atoms. The average molecular weight is 851 g/mol. The zero-order valence-electron chi connectivity index (χ0n) is 39.4. The fourth-order valence-electron chi connectivity index (χ4n) is 7.83. The zero-order valence-corrected chi connectivity index (χ0v) is 39.4. The molecule has 0 saturated carbocycles. The molecule has 0 N–H and O–H groups in total. The van der Waals surface area contributed by atoms with Crippen molar-refractivity contribution in [1.29, 1.82) is 0 Å². The van der Waals surface area contributed by atoms with Crippen molar-refractivity contribution >= 4 is 28.4 Å². The summed E-state index contributed by atoms with van der Waals surface area (Å²) in [5, 5.41) is 37.8. The maximum Gasteiger partial charge on any atom is 0.303 e. The molecule has 2 aromatic rings. The molecule has 0 bridgehead atoms. The van der Waals surface area contributed by atoms with Crippen molar-refractivity contribution in [1.82, 2.24) is 0 Å². The van der Waals surface area contributed by atoms with Crippen LogP contribution in [0.3, 0.4) is 0 Å². The zero-order chi connectivity index (χ0) is 45.0. The molecule has 2 rings (SSSR count). The second-order valence-electron chi connectivity index (χ2n) is 17.1. The molecule has 12 nitrogen and oxygen atoms in total. The summed E-state index contributed by atoms with van der Waals surface area (Å²) in [5.41, 5.74) is -0.00217. The fourth-order valence-corrected chi connectivity index (χ4v) is 7.83. The van der Waals surface area contributed by atoms with E-state index in [9.17, 15) is 20.2 Å². The number of hydrogen-bond acceptors (Lipinski definition) is 9. The summed E-state index contributed by atoms with van der Waals surface area (Å²) < 4.78 is 15.6. The van der Waals surface area contributed by atoms with Gasteiger partial charge in [0.2, 0.25) is 0 Å². The van der Waals surface area contributed by atoms with Crippen LogP contribution in [0.4, 0.5) is 28.4 Å². The van der Waals surface area contributed by atoms with Crippen LogP contribution >= 0.6 is 0 Å². The Balaban J connectivity index is 2.77. The van der Waals surface area contributed by atoms with Crippen molar-refractivity contribution in [3.63, 3.8) is 0 Å². The molecule has 0 aromatic heterocycles. The molecule has 61 heavy (non-hydrogen) atoms. The lowest BCUT2D eigenvalue weighted by molar-refractivity contribution is -0.633. The average Bonchev–Trinajstić information content (AvgIpc) is 3.26. The van der Waals surface area contributed by atoms with E-state index in [1.54, 1.807) is 6.07 Å². The van der Waals surface area contributed by atoms with Crippen molar-refractivity contribution in [2.24, 2.45) is 39.0 Å². The van der Waals surface area contributed by atoms with Gasteiger partial charge in [-0.05, 0) is 55.1 Å². The Labute approximate surface area is 369 Å². The summed E-state index contributed by atoms with van der Waals surface area (Å²) in [6, 6.07) is 7.21. The van der Waals surface area contributed by atoms with Gasteiger partial charge in [0.15, 0.2) is 29.7 Å². The van der Waals surface area contributed by atoms with Crippen LogP contribution in [0.1, 0.15) is 184 Å². The summed E-state index contributed by atoms with van der Waals surface area (Å²) in [4.78, 5) is 22.1. The minimum atomic E-state index is -0.681. The standard InChI is InChI=1S/C49H82N6O6/c1-10-17-20-21-22-23-24-25-26-27-32-53(46(16-7)39(9)38(8)13-4)52-45-35-48(60-36-40(14-5)28-18-11-2)44(34-49(45)61-37-41(15-6)29-19-12-3)51-50-43-31-30-42(54(56)57)33-47(43)55(58)59/h30-31,33-35,38-41,46H,8,10-29,32,36-37H2,1-7,9H3/q+1. The first-order valence-electron chi connectivity index (χ1n) is 24.1. The maximum absolute atomic E-state index is 12.0. The molecule has 0 aliphatic carbocycles. The summed E-state index contributed by atoms with van der Waals surface area (Å²) in [6.07, 6.45) is 22.9. The van der Waals surface area contributed by atoms with E-state index in [4.69, 9.17) is 14.6 Å². The van der Waals surface area contributed by atoms with Crippen LogP contribution < -0.4 is 9.47 Å². The monoisotopic (exact) mass is 851 g/mol. The van der Waals surface area contributed by atoms with Crippen LogP contribution in [0.2, 0.25) is 0 Å². The highest BCUT2D eigenvalue weighted by Crippen LogP contribution is 2.43. The quantitative estimate of drug-likeness (QED) is 0.0222. The van der Waals surface area contributed by atoms with E-state index in [2.05, 4.69) is 77.2 Å². The van der Waals surface area contributed by atoms with Crippen LogP contribution in [0.5, 0.6) is 11.5 Å². The molecule has 5 unspecified atom stereocenters. The van der Waals surface area contributed by atoms with Crippen LogP contribution in [0.25, 0.3) is 0 Å². The molecule has 0 fully saturated rings. The SMILES string of the molecule is [CH2]C(CC)C(C)C(CC)/[N+](CCCCCCCCCCCC)=N/c1cc(OCC(CC)CCCC)c(/N=N/c2ccc([N+](=O)[O-])cc2[N+](=O)[O-])cc1OCC(CC)CCCC. The first-order chi connectivity index (χ1) is 29.5. The highest BCUT2D eigenvalue weighted by atomic mass is 16.6. The van der Waals surface area contributed by atoms with Gasteiger partial charge in [-0.2, -0.15) is 0 Å². The Hall–Kier alpha value is -3.96. The Kier molecular flexibility index (Phi) is 27.0. The molecule has 2 aromatic carbocycles. The number of rotatable bonds is 35. The number of nitrogens with zero attached hydrogens (tertiary/aromatic N) is 6. The molecule has 0 heterocycles. The van der Waals surface area contributed by atoms with E-state index in [-0.39, 0.29) is 17.6 Å². The third kappa shape index (κ3) is 19.3. The summed E-state index contributed by atoms with van der Waals surface area (Å²) in [7, 11) is 0.